The van der Waals surface area contributed by atoms with Crippen molar-refractivity contribution in [2.24, 2.45) is 11.8 Å². The second kappa shape index (κ2) is 9.04. The van der Waals surface area contributed by atoms with E-state index in [1.54, 1.807) is 0 Å². The Bertz CT molecular complexity index is 212. The summed E-state index contributed by atoms with van der Waals surface area (Å²) >= 11 is 0. The average molecular weight is 282 g/mol. The second-order valence-electron chi connectivity index (χ2n) is 6.82. The van der Waals surface area contributed by atoms with E-state index in [-0.39, 0.29) is 0 Å². The molecule has 118 valence electrons. The van der Waals surface area contributed by atoms with Crippen molar-refractivity contribution >= 4 is 0 Å². The first-order valence-electron chi connectivity index (χ1n) is 9.06. The highest BCUT2D eigenvalue weighted by atomic mass is 16.5. The molecule has 0 saturated heterocycles. The minimum Gasteiger partial charge on any atom is -0.378 e. The van der Waals surface area contributed by atoms with Crippen LogP contribution in [0.1, 0.15) is 78.1 Å². The van der Waals surface area contributed by atoms with Crippen molar-refractivity contribution in [3.63, 3.8) is 0 Å². The molecular weight excluding hydrogens is 248 g/mol. The molecule has 0 heterocycles. The van der Waals surface area contributed by atoms with Crippen LogP contribution in [0.25, 0.3) is 0 Å². The van der Waals surface area contributed by atoms with Gasteiger partial charge in [-0.15, -0.1) is 0 Å². The molecule has 0 aromatic heterocycles. The van der Waals surface area contributed by atoms with E-state index in [1.807, 2.05) is 0 Å². The zero-order chi connectivity index (χ0) is 14.2. The molecule has 2 fully saturated rings. The minimum absolute atomic E-state index is 0.565. The van der Waals surface area contributed by atoms with Gasteiger partial charge < -0.3 is 9.47 Å². The first-order valence-corrected chi connectivity index (χ1v) is 9.06. The lowest BCUT2D eigenvalue weighted by Crippen LogP contribution is -2.30. The summed E-state index contributed by atoms with van der Waals surface area (Å²) in [7, 11) is 0. The van der Waals surface area contributed by atoms with Crippen molar-refractivity contribution in [2.75, 3.05) is 13.2 Å². The molecule has 2 nitrogen and oxygen atoms in total. The summed E-state index contributed by atoms with van der Waals surface area (Å²) < 4.78 is 11.8. The Balaban J connectivity index is 1.63. The Morgan fingerprint density at radius 1 is 0.600 bits per heavy atom. The molecule has 0 N–H and O–H groups in total. The first kappa shape index (κ1) is 16.3. The van der Waals surface area contributed by atoms with Gasteiger partial charge in [0.1, 0.15) is 0 Å². The number of ether oxygens (including phenoxy) is 2. The lowest BCUT2D eigenvalue weighted by atomic mass is 9.72. The van der Waals surface area contributed by atoms with E-state index in [0.29, 0.717) is 12.2 Å². The summed E-state index contributed by atoms with van der Waals surface area (Å²) in [6.45, 7) is 6.31. The van der Waals surface area contributed by atoms with E-state index in [9.17, 15) is 0 Å². The van der Waals surface area contributed by atoms with E-state index in [0.717, 1.165) is 37.9 Å². The van der Waals surface area contributed by atoms with Crippen LogP contribution < -0.4 is 0 Å². The van der Waals surface area contributed by atoms with Crippen molar-refractivity contribution in [1.29, 1.82) is 0 Å². The summed E-state index contributed by atoms with van der Waals surface area (Å²) in [4.78, 5) is 0. The van der Waals surface area contributed by atoms with Crippen LogP contribution in [-0.4, -0.2) is 25.4 Å². The van der Waals surface area contributed by atoms with Gasteiger partial charge in [-0.25, -0.2) is 0 Å². The zero-order valence-corrected chi connectivity index (χ0v) is 13.6. The van der Waals surface area contributed by atoms with Gasteiger partial charge in [-0.1, -0.05) is 13.8 Å². The standard InChI is InChI=1S/C18H34O2/c1-3-13-19-17-9-5-15(6-10-17)16-7-11-18(12-8-16)20-14-4-2/h15-18H,3-14H2,1-2H3. The third-order valence-electron chi connectivity index (χ3n) is 5.22. The quantitative estimate of drug-likeness (QED) is 0.657. The molecule has 2 rings (SSSR count). The van der Waals surface area contributed by atoms with Crippen LogP contribution in [-0.2, 0) is 9.47 Å². The van der Waals surface area contributed by atoms with Crippen molar-refractivity contribution < 1.29 is 9.47 Å². The third kappa shape index (κ3) is 5.04. The van der Waals surface area contributed by atoms with E-state index >= 15 is 0 Å². The van der Waals surface area contributed by atoms with Crippen molar-refractivity contribution in [2.45, 2.75) is 90.3 Å². The second-order valence-corrected chi connectivity index (χ2v) is 6.82. The fourth-order valence-electron chi connectivity index (χ4n) is 4.02. The number of hydrogen-bond acceptors (Lipinski definition) is 2. The van der Waals surface area contributed by atoms with Gasteiger partial charge in [0.2, 0.25) is 0 Å². The Labute approximate surface area is 125 Å². The summed E-state index contributed by atoms with van der Waals surface area (Å²) in [5, 5.41) is 0. The largest absolute Gasteiger partial charge is 0.378 e. The molecule has 0 aromatic carbocycles. The molecule has 20 heavy (non-hydrogen) atoms. The smallest absolute Gasteiger partial charge is 0.0575 e. The van der Waals surface area contributed by atoms with E-state index in [4.69, 9.17) is 9.47 Å². The lowest BCUT2D eigenvalue weighted by Gasteiger charge is -2.37. The average Bonchev–Trinajstić information content (AvgIpc) is 2.52. The minimum atomic E-state index is 0.565. The molecule has 0 aliphatic heterocycles. The van der Waals surface area contributed by atoms with Crippen molar-refractivity contribution in [1.82, 2.24) is 0 Å². The monoisotopic (exact) mass is 282 g/mol. The third-order valence-corrected chi connectivity index (χ3v) is 5.22. The molecule has 2 heteroatoms. The van der Waals surface area contributed by atoms with Crippen LogP contribution in [0.4, 0.5) is 0 Å². The van der Waals surface area contributed by atoms with Crippen LogP contribution in [0.15, 0.2) is 0 Å². The van der Waals surface area contributed by atoms with E-state index < -0.39 is 0 Å². The Hall–Kier alpha value is -0.0800. The Kier molecular flexibility index (Phi) is 7.37. The predicted molar refractivity (Wildman–Crippen MR) is 84.0 cm³/mol. The molecule has 0 radical (unpaired) electrons. The molecule has 2 aliphatic carbocycles. The van der Waals surface area contributed by atoms with Gasteiger partial charge in [-0.2, -0.15) is 0 Å². The maximum atomic E-state index is 5.91. The summed E-state index contributed by atoms with van der Waals surface area (Å²) in [6.07, 6.45) is 14.3. The maximum absolute atomic E-state index is 5.91. The SMILES string of the molecule is CCCOC1CCC(C2CCC(OCCC)CC2)CC1. The maximum Gasteiger partial charge on any atom is 0.0575 e. The number of rotatable bonds is 7. The first-order chi connectivity index (χ1) is 9.83. The highest BCUT2D eigenvalue weighted by Gasteiger charge is 2.31. The van der Waals surface area contributed by atoms with Crippen LogP contribution in [0.2, 0.25) is 0 Å². The molecule has 0 bridgehead atoms. The molecule has 0 amide bonds. The molecule has 2 aliphatic rings. The van der Waals surface area contributed by atoms with Crippen LogP contribution in [0.5, 0.6) is 0 Å². The van der Waals surface area contributed by atoms with Gasteiger partial charge in [-0.3, -0.25) is 0 Å². The van der Waals surface area contributed by atoms with Gasteiger partial charge in [-0.05, 0) is 76.0 Å². The highest BCUT2D eigenvalue weighted by Crippen LogP contribution is 2.39. The molecule has 2 saturated carbocycles. The topological polar surface area (TPSA) is 18.5 Å². The lowest BCUT2D eigenvalue weighted by molar-refractivity contribution is -0.0104. The molecule has 0 unspecified atom stereocenters. The van der Waals surface area contributed by atoms with Crippen molar-refractivity contribution in [3.05, 3.63) is 0 Å². The van der Waals surface area contributed by atoms with Gasteiger partial charge in [0.05, 0.1) is 12.2 Å². The fraction of sp³-hybridized carbons (Fsp3) is 1.00. The van der Waals surface area contributed by atoms with Crippen molar-refractivity contribution in [3.8, 4) is 0 Å². The highest BCUT2D eigenvalue weighted by molar-refractivity contribution is 4.82. The predicted octanol–water partition coefficient (Wildman–Crippen LogP) is 4.96. The molecule has 0 aromatic rings. The molecule has 0 spiro atoms. The summed E-state index contributed by atoms with van der Waals surface area (Å²) in [6, 6.07) is 0. The van der Waals surface area contributed by atoms with Crippen LogP contribution >= 0.6 is 0 Å². The van der Waals surface area contributed by atoms with Gasteiger partial charge in [0, 0.05) is 13.2 Å². The van der Waals surface area contributed by atoms with Gasteiger partial charge >= 0.3 is 0 Å². The van der Waals surface area contributed by atoms with Gasteiger partial charge in [0.15, 0.2) is 0 Å². The molecular formula is C18H34O2. The normalized spacial score (nSPS) is 35.1. The number of hydrogen-bond donors (Lipinski definition) is 0. The summed E-state index contributed by atoms with van der Waals surface area (Å²) in [5.74, 6) is 1.95. The van der Waals surface area contributed by atoms with E-state index in [1.165, 1.54) is 51.4 Å². The zero-order valence-electron chi connectivity index (χ0n) is 13.6. The van der Waals surface area contributed by atoms with E-state index in [2.05, 4.69) is 13.8 Å². The van der Waals surface area contributed by atoms with Crippen LogP contribution in [0, 0.1) is 11.8 Å². The van der Waals surface area contributed by atoms with Gasteiger partial charge in [0.25, 0.3) is 0 Å². The Morgan fingerprint density at radius 2 is 0.950 bits per heavy atom. The molecule has 0 atom stereocenters. The summed E-state index contributed by atoms with van der Waals surface area (Å²) in [5.41, 5.74) is 0. The fourth-order valence-corrected chi connectivity index (χ4v) is 4.02. The Morgan fingerprint density at radius 3 is 1.25 bits per heavy atom. The van der Waals surface area contributed by atoms with Crippen LogP contribution in [0.3, 0.4) is 0 Å².